The summed E-state index contributed by atoms with van der Waals surface area (Å²) < 4.78 is 6.17. The molecule has 1 atom stereocenters. The number of hydrogen-bond donors (Lipinski definition) is 2. The number of thioether (sulfide) groups is 2. The second-order valence-electron chi connectivity index (χ2n) is 5.44. The number of fused-ring (bicyclic) bond motifs is 1. The molecule has 24 heavy (non-hydrogen) atoms. The molecule has 130 valence electrons. The van der Waals surface area contributed by atoms with E-state index >= 15 is 0 Å². The van der Waals surface area contributed by atoms with Crippen LogP contribution in [0.3, 0.4) is 0 Å². The number of urea groups is 1. The van der Waals surface area contributed by atoms with Crippen molar-refractivity contribution in [2.24, 2.45) is 0 Å². The Bertz CT molecular complexity index is 608. The lowest BCUT2D eigenvalue weighted by atomic mass is 10.2. The summed E-state index contributed by atoms with van der Waals surface area (Å²) in [6.45, 7) is 3.22. The maximum Gasteiger partial charge on any atom is 0.322 e. The first-order valence-corrected chi connectivity index (χ1v) is 10.1. The Morgan fingerprint density at radius 1 is 1.25 bits per heavy atom. The topological polar surface area (TPSA) is 70.7 Å². The normalized spacial score (nSPS) is 20.2. The Hall–Kier alpha value is -1.54. The number of nitrogens with one attached hydrogen (secondary N) is 2. The van der Waals surface area contributed by atoms with Crippen LogP contribution < -0.4 is 20.3 Å². The minimum atomic E-state index is -0.694. The zero-order valence-electron chi connectivity index (χ0n) is 13.5. The molecule has 3 rings (SSSR count). The number of likely N-dealkylation sites (N-methyl/N-ethyl adjacent to an activating group) is 1. The Labute approximate surface area is 150 Å². The van der Waals surface area contributed by atoms with Crippen LogP contribution in [-0.4, -0.2) is 53.8 Å². The summed E-state index contributed by atoms with van der Waals surface area (Å²) in [4.78, 5) is 26.4. The molecule has 1 saturated heterocycles. The zero-order chi connectivity index (χ0) is 16.9. The van der Waals surface area contributed by atoms with E-state index in [1.807, 2.05) is 48.6 Å². The number of carbonyl (C=O) groups is 2. The van der Waals surface area contributed by atoms with Gasteiger partial charge in [-0.05, 0) is 19.1 Å². The summed E-state index contributed by atoms with van der Waals surface area (Å²) >= 11 is 3.74. The van der Waals surface area contributed by atoms with Gasteiger partial charge in [-0.25, -0.2) is 4.79 Å². The van der Waals surface area contributed by atoms with E-state index in [1.165, 1.54) is 0 Å². The minimum Gasteiger partial charge on any atom is -0.477 e. The number of ether oxygens (including phenoxy) is 1. The second-order valence-corrected chi connectivity index (χ2v) is 8.36. The average Bonchev–Trinajstić information content (AvgIpc) is 3.12. The molecule has 0 spiro atoms. The molecule has 8 heteroatoms. The highest BCUT2D eigenvalue weighted by Crippen LogP contribution is 2.34. The lowest BCUT2D eigenvalue weighted by Gasteiger charge is -2.34. The molecule has 2 aliphatic heterocycles. The van der Waals surface area contributed by atoms with Crippen molar-refractivity contribution in [3.63, 3.8) is 0 Å². The first kappa shape index (κ1) is 17.3. The molecule has 2 heterocycles. The molecule has 1 aromatic rings. The number of hydrogen-bond acceptors (Lipinski definition) is 5. The van der Waals surface area contributed by atoms with E-state index in [0.717, 1.165) is 11.5 Å². The number of para-hydroxylation sites is 2. The van der Waals surface area contributed by atoms with Crippen molar-refractivity contribution < 1.29 is 14.3 Å². The van der Waals surface area contributed by atoms with Crippen LogP contribution in [0.4, 0.5) is 10.5 Å². The van der Waals surface area contributed by atoms with Gasteiger partial charge in [0.2, 0.25) is 0 Å². The lowest BCUT2D eigenvalue weighted by Crippen LogP contribution is -2.53. The van der Waals surface area contributed by atoms with Gasteiger partial charge in [-0.15, -0.1) is 23.5 Å². The summed E-state index contributed by atoms with van der Waals surface area (Å²) in [5, 5.41) is 5.74. The van der Waals surface area contributed by atoms with Crippen LogP contribution in [0.5, 0.6) is 5.75 Å². The van der Waals surface area contributed by atoms with Gasteiger partial charge in [0, 0.05) is 24.6 Å². The molecule has 0 aliphatic carbocycles. The number of amides is 3. The third kappa shape index (κ3) is 3.92. The fourth-order valence-corrected chi connectivity index (χ4v) is 5.30. The average molecular weight is 367 g/mol. The maximum absolute atomic E-state index is 12.7. The monoisotopic (exact) mass is 367 g/mol. The molecular weight excluding hydrogens is 346 g/mol. The minimum absolute atomic E-state index is 0.187. The first-order valence-electron chi connectivity index (χ1n) is 8.01. The number of rotatable bonds is 4. The third-order valence-corrected chi connectivity index (χ3v) is 6.80. The smallest absolute Gasteiger partial charge is 0.322 e. The van der Waals surface area contributed by atoms with Gasteiger partial charge >= 0.3 is 6.03 Å². The quantitative estimate of drug-likeness (QED) is 0.851. The van der Waals surface area contributed by atoms with Crippen LogP contribution in [0.1, 0.15) is 6.92 Å². The number of carbonyl (C=O) groups excluding carboxylic acids is 2. The molecule has 0 radical (unpaired) electrons. The Morgan fingerprint density at radius 3 is 2.75 bits per heavy atom. The van der Waals surface area contributed by atoms with E-state index in [-0.39, 0.29) is 18.5 Å². The predicted octanol–water partition coefficient (Wildman–Crippen LogP) is 1.91. The van der Waals surface area contributed by atoms with Crippen molar-refractivity contribution >= 4 is 41.1 Å². The summed E-state index contributed by atoms with van der Waals surface area (Å²) in [5.41, 5.74) is 0.697. The molecule has 2 aliphatic rings. The largest absolute Gasteiger partial charge is 0.477 e. The second kappa shape index (κ2) is 8.02. The Kier molecular flexibility index (Phi) is 5.78. The van der Waals surface area contributed by atoms with E-state index < -0.39 is 6.10 Å². The van der Waals surface area contributed by atoms with E-state index in [2.05, 4.69) is 10.6 Å². The molecule has 1 unspecified atom stereocenters. The molecule has 1 aromatic carbocycles. The lowest BCUT2D eigenvalue weighted by molar-refractivity contribution is -0.127. The van der Waals surface area contributed by atoms with E-state index in [1.54, 1.807) is 11.0 Å². The van der Waals surface area contributed by atoms with Crippen LogP contribution in [0, 0.1) is 0 Å². The van der Waals surface area contributed by atoms with Gasteiger partial charge < -0.3 is 15.4 Å². The van der Waals surface area contributed by atoms with Gasteiger partial charge in [-0.3, -0.25) is 9.69 Å². The fraction of sp³-hybridized carbons (Fsp3) is 0.500. The molecule has 0 aromatic heterocycles. The molecular formula is C16H21N3O3S2. The van der Waals surface area contributed by atoms with Crippen molar-refractivity contribution in [1.82, 2.24) is 10.6 Å². The van der Waals surface area contributed by atoms with Crippen LogP contribution in [0.25, 0.3) is 0 Å². The van der Waals surface area contributed by atoms with Crippen LogP contribution in [-0.2, 0) is 4.79 Å². The van der Waals surface area contributed by atoms with Crippen molar-refractivity contribution in [3.8, 4) is 5.75 Å². The summed E-state index contributed by atoms with van der Waals surface area (Å²) in [5.74, 6) is 2.61. The van der Waals surface area contributed by atoms with E-state index in [0.29, 0.717) is 29.1 Å². The fourth-order valence-electron chi connectivity index (χ4n) is 2.64. The summed E-state index contributed by atoms with van der Waals surface area (Å²) in [7, 11) is 0. The highest BCUT2D eigenvalue weighted by molar-refractivity contribution is 8.20. The molecule has 6 nitrogen and oxygen atoms in total. The van der Waals surface area contributed by atoms with Gasteiger partial charge in [0.05, 0.1) is 16.8 Å². The van der Waals surface area contributed by atoms with Gasteiger partial charge in [0.15, 0.2) is 6.10 Å². The van der Waals surface area contributed by atoms with Gasteiger partial charge in [0.1, 0.15) is 5.75 Å². The standard InChI is InChI=1S/C16H21N3O3S2/c1-2-17-15(20)13-10-19(11-5-3-4-6-12(11)22-13)16(21)18-9-14-23-7-8-24-14/h3-6,13-14H,2,7-10H2,1H3,(H,17,20)(H,18,21). The van der Waals surface area contributed by atoms with Crippen molar-refractivity contribution in [1.29, 1.82) is 0 Å². The molecule has 0 bridgehead atoms. The SMILES string of the molecule is CCNC(=O)C1CN(C(=O)NCC2SCCS2)c2ccccc2O1. The van der Waals surface area contributed by atoms with Gasteiger partial charge in [-0.1, -0.05) is 12.1 Å². The van der Waals surface area contributed by atoms with Crippen LogP contribution in [0.15, 0.2) is 24.3 Å². The van der Waals surface area contributed by atoms with Crippen LogP contribution in [0.2, 0.25) is 0 Å². The highest BCUT2D eigenvalue weighted by atomic mass is 32.2. The maximum atomic E-state index is 12.7. The zero-order valence-corrected chi connectivity index (χ0v) is 15.1. The number of benzene rings is 1. The van der Waals surface area contributed by atoms with Crippen molar-refractivity contribution in [3.05, 3.63) is 24.3 Å². The van der Waals surface area contributed by atoms with Crippen molar-refractivity contribution in [2.45, 2.75) is 17.6 Å². The Balaban J connectivity index is 1.71. The molecule has 0 saturated carbocycles. The summed E-state index contributed by atoms with van der Waals surface area (Å²) in [6, 6.07) is 7.12. The van der Waals surface area contributed by atoms with Crippen LogP contribution >= 0.6 is 23.5 Å². The summed E-state index contributed by atoms with van der Waals surface area (Å²) in [6.07, 6.45) is -0.694. The number of anilines is 1. The predicted molar refractivity (Wildman–Crippen MR) is 99.0 cm³/mol. The van der Waals surface area contributed by atoms with Gasteiger partial charge in [0.25, 0.3) is 5.91 Å². The van der Waals surface area contributed by atoms with Gasteiger partial charge in [-0.2, -0.15) is 0 Å². The Morgan fingerprint density at radius 2 is 2.00 bits per heavy atom. The molecule has 3 amide bonds. The van der Waals surface area contributed by atoms with E-state index in [4.69, 9.17) is 4.74 Å². The third-order valence-electron chi connectivity index (χ3n) is 3.77. The van der Waals surface area contributed by atoms with Crippen molar-refractivity contribution in [2.75, 3.05) is 36.0 Å². The number of nitrogens with zero attached hydrogens (tertiary/aromatic N) is 1. The first-order chi connectivity index (χ1) is 11.7. The molecule has 2 N–H and O–H groups in total. The highest BCUT2D eigenvalue weighted by Gasteiger charge is 2.33. The van der Waals surface area contributed by atoms with E-state index in [9.17, 15) is 9.59 Å². The molecule has 1 fully saturated rings.